The van der Waals surface area contributed by atoms with Gasteiger partial charge in [-0.15, -0.1) is 0 Å². The van der Waals surface area contributed by atoms with E-state index in [4.69, 9.17) is 5.11 Å². The van der Waals surface area contributed by atoms with Crippen molar-refractivity contribution in [1.82, 2.24) is 0 Å². The highest BCUT2D eigenvalue weighted by Crippen LogP contribution is 2.29. The van der Waals surface area contributed by atoms with Crippen LogP contribution in [0.1, 0.15) is 13.8 Å². The minimum absolute atomic E-state index is 0.0392. The summed E-state index contributed by atoms with van der Waals surface area (Å²) < 4.78 is 4.44. The SMILES string of the molecule is CC(C)[C@H]1C(=O)O[C@@H]1C(=O)O. The molecule has 0 spiro atoms. The molecule has 62 valence electrons. The number of esters is 1. The Morgan fingerprint density at radius 2 is 2.18 bits per heavy atom. The molecule has 1 heterocycles. The van der Waals surface area contributed by atoms with Crippen molar-refractivity contribution in [3.8, 4) is 0 Å². The van der Waals surface area contributed by atoms with Crippen LogP contribution < -0.4 is 0 Å². The van der Waals surface area contributed by atoms with Gasteiger partial charge in [0.25, 0.3) is 0 Å². The predicted octanol–water partition coefficient (Wildman–Crippen LogP) is 0.269. The molecule has 0 saturated carbocycles. The Labute approximate surface area is 64.2 Å². The van der Waals surface area contributed by atoms with E-state index in [2.05, 4.69) is 4.74 Å². The molecule has 11 heavy (non-hydrogen) atoms. The van der Waals surface area contributed by atoms with Crippen LogP contribution in [0.4, 0.5) is 0 Å². The van der Waals surface area contributed by atoms with E-state index in [1.807, 2.05) is 0 Å². The van der Waals surface area contributed by atoms with Gasteiger partial charge in [-0.1, -0.05) is 13.8 Å². The van der Waals surface area contributed by atoms with Gasteiger partial charge in [-0.05, 0) is 5.92 Å². The zero-order chi connectivity index (χ0) is 8.59. The van der Waals surface area contributed by atoms with E-state index in [0.29, 0.717) is 0 Å². The lowest BCUT2D eigenvalue weighted by Crippen LogP contribution is -2.52. The number of carboxylic acid groups (broad SMARTS) is 1. The number of rotatable bonds is 2. The van der Waals surface area contributed by atoms with Crippen molar-refractivity contribution in [2.75, 3.05) is 0 Å². The fraction of sp³-hybridized carbons (Fsp3) is 0.714. The molecule has 1 aliphatic rings. The van der Waals surface area contributed by atoms with Gasteiger partial charge in [-0.3, -0.25) is 4.79 Å². The molecule has 0 aromatic rings. The van der Waals surface area contributed by atoms with Crippen LogP contribution in [0.2, 0.25) is 0 Å². The summed E-state index contributed by atoms with van der Waals surface area (Å²) in [5.41, 5.74) is 0. The Morgan fingerprint density at radius 3 is 2.36 bits per heavy atom. The summed E-state index contributed by atoms with van der Waals surface area (Å²) >= 11 is 0. The molecule has 1 saturated heterocycles. The van der Waals surface area contributed by atoms with Gasteiger partial charge >= 0.3 is 11.9 Å². The van der Waals surface area contributed by atoms with Crippen molar-refractivity contribution in [2.45, 2.75) is 20.0 Å². The molecular weight excluding hydrogens is 148 g/mol. The molecule has 0 aliphatic carbocycles. The van der Waals surface area contributed by atoms with Gasteiger partial charge in [0.1, 0.15) is 5.92 Å². The maximum Gasteiger partial charge on any atom is 0.345 e. The van der Waals surface area contributed by atoms with E-state index in [0.717, 1.165) is 0 Å². The number of hydrogen-bond donors (Lipinski definition) is 1. The number of hydrogen-bond acceptors (Lipinski definition) is 3. The van der Waals surface area contributed by atoms with E-state index in [1.165, 1.54) is 0 Å². The summed E-state index contributed by atoms with van der Waals surface area (Å²) in [4.78, 5) is 21.1. The Kier molecular flexibility index (Phi) is 1.85. The van der Waals surface area contributed by atoms with Crippen molar-refractivity contribution in [3.63, 3.8) is 0 Å². The molecule has 0 amide bonds. The lowest BCUT2D eigenvalue weighted by atomic mass is 9.86. The van der Waals surface area contributed by atoms with E-state index in [1.54, 1.807) is 13.8 Å². The number of cyclic esters (lactones) is 1. The van der Waals surface area contributed by atoms with E-state index >= 15 is 0 Å². The van der Waals surface area contributed by atoms with Crippen molar-refractivity contribution >= 4 is 11.9 Å². The minimum atomic E-state index is -1.05. The summed E-state index contributed by atoms with van der Waals surface area (Å²) in [6.07, 6.45) is -0.914. The summed E-state index contributed by atoms with van der Waals surface area (Å²) in [6, 6.07) is 0. The summed E-state index contributed by atoms with van der Waals surface area (Å²) in [6.45, 7) is 3.61. The standard InChI is InChI=1S/C7H10O4/c1-3(2)4-5(6(8)9)11-7(4)10/h3-5H,1-2H3,(H,8,9)/t4-,5+/m1/s1. The van der Waals surface area contributed by atoms with Gasteiger partial charge in [-0.2, -0.15) is 0 Å². The molecule has 0 bridgehead atoms. The molecule has 0 aromatic heterocycles. The normalized spacial score (nSPS) is 29.5. The first-order chi connectivity index (χ1) is 5.04. The Balaban J connectivity index is 2.62. The largest absolute Gasteiger partial charge is 0.478 e. The smallest absolute Gasteiger partial charge is 0.345 e. The molecule has 1 aliphatic heterocycles. The average molecular weight is 158 g/mol. The molecule has 2 atom stereocenters. The summed E-state index contributed by atoms with van der Waals surface area (Å²) in [5, 5.41) is 8.49. The molecule has 1 N–H and O–H groups in total. The van der Waals surface area contributed by atoms with E-state index in [9.17, 15) is 9.59 Å². The van der Waals surface area contributed by atoms with Crippen LogP contribution in [-0.4, -0.2) is 23.1 Å². The number of carboxylic acids is 1. The number of aliphatic carboxylic acids is 1. The van der Waals surface area contributed by atoms with Crippen molar-refractivity contribution in [1.29, 1.82) is 0 Å². The highest BCUT2D eigenvalue weighted by atomic mass is 16.6. The third kappa shape index (κ3) is 1.20. The molecule has 1 rings (SSSR count). The second-order valence-electron chi connectivity index (χ2n) is 2.97. The molecule has 0 radical (unpaired) electrons. The van der Waals surface area contributed by atoms with Crippen LogP contribution in [0.5, 0.6) is 0 Å². The minimum Gasteiger partial charge on any atom is -0.478 e. The highest BCUT2D eigenvalue weighted by molar-refractivity contribution is 5.90. The van der Waals surface area contributed by atoms with Crippen LogP contribution in [-0.2, 0) is 14.3 Å². The van der Waals surface area contributed by atoms with Gasteiger partial charge in [0.05, 0.1) is 0 Å². The molecular formula is C7H10O4. The quantitative estimate of drug-likeness (QED) is 0.586. The number of ether oxygens (including phenoxy) is 1. The van der Waals surface area contributed by atoms with Crippen LogP contribution in [0.15, 0.2) is 0 Å². The highest BCUT2D eigenvalue weighted by Gasteiger charge is 2.48. The first kappa shape index (κ1) is 8.04. The molecule has 1 fully saturated rings. The maximum absolute atomic E-state index is 10.7. The van der Waals surface area contributed by atoms with Crippen molar-refractivity contribution < 1.29 is 19.4 Å². The number of carbonyl (C=O) groups excluding carboxylic acids is 1. The maximum atomic E-state index is 10.7. The van der Waals surface area contributed by atoms with E-state index < -0.39 is 24.0 Å². The van der Waals surface area contributed by atoms with Gasteiger partial charge in [0.15, 0.2) is 0 Å². The molecule has 0 unspecified atom stereocenters. The van der Waals surface area contributed by atoms with Crippen molar-refractivity contribution in [2.24, 2.45) is 11.8 Å². The summed E-state index contributed by atoms with van der Waals surface area (Å²) in [7, 11) is 0. The van der Waals surface area contributed by atoms with Crippen LogP contribution >= 0.6 is 0 Å². The zero-order valence-electron chi connectivity index (χ0n) is 6.40. The summed E-state index contributed by atoms with van der Waals surface area (Å²) in [5.74, 6) is -1.86. The van der Waals surface area contributed by atoms with Crippen LogP contribution in [0, 0.1) is 11.8 Å². The predicted molar refractivity (Wildman–Crippen MR) is 35.8 cm³/mol. The van der Waals surface area contributed by atoms with Gasteiger partial charge in [0.2, 0.25) is 6.10 Å². The fourth-order valence-electron chi connectivity index (χ4n) is 1.15. The Morgan fingerprint density at radius 1 is 1.64 bits per heavy atom. The first-order valence-corrected chi connectivity index (χ1v) is 3.47. The van der Waals surface area contributed by atoms with Crippen molar-refractivity contribution in [3.05, 3.63) is 0 Å². The lowest BCUT2D eigenvalue weighted by Gasteiger charge is -2.34. The second-order valence-corrected chi connectivity index (χ2v) is 2.97. The van der Waals surface area contributed by atoms with Gasteiger partial charge in [-0.25, -0.2) is 4.79 Å². The Hall–Kier alpha value is -1.06. The molecule has 0 aromatic carbocycles. The Bertz CT molecular complexity index is 197. The van der Waals surface area contributed by atoms with E-state index in [-0.39, 0.29) is 5.92 Å². The average Bonchev–Trinajstić information content (AvgIpc) is 1.80. The lowest BCUT2D eigenvalue weighted by molar-refractivity contribution is -0.199. The monoisotopic (exact) mass is 158 g/mol. The second kappa shape index (κ2) is 2.53. The zero-order valence-corrected chi connectivity index (χ0v) is 6.40. The van der Waals surface area contributed by atoms with Crippen LogP contribution in [0.25, 0.3) is 0 Å². The molecule has 4 nitrogen and oxygen atoms in total. The fourth-order valence-corrected chi connectivity index (χ4v) is 1.15. The third-order valence-electron chi connectivity index (χ3n) is 1.80. The third-order valence-corrected chi connectivity index (χ3v) is 1.80. The number of carbonyl (C=O) groups is 2. The molecule has 4 heteroatoms. The first-order valence-electron chi connectivity index (χ1n) is 3.47. The topological polar surface area (TPSA) is 63.6 Å². The van der Waals surface area contributed by atoms with Gasteiger partial charge in [0, 0.05) is 0 Å². The van der Waals surface area contributed by atoms with Crippen LogP contribution in [0.3, 0.4) is 0 Å². The van der Waals surface area contributed by atoms with Gasteiger partial charge < -0.3 is 9.84 Å².